The van der Waals surface area contributed by atoms with E-state index in [9.17, 15) is 9.90 Å². The smallest absolute Gasteiger partial charge is 0.410 e. The molecule has 0 bridgehead atoms. The van der Waals surface area contributed by atoms with E-state index in [-0.39, 0.29) is 10.8 Å². The number of hydrogen-bond acceptors (Lipinski definition) is 4. The SMILES string of the molecule is CC(C)(C)OC(=O)N1CCC(O)(CSC(C)(C)C)CC1. The van der Waals surface area contributed by atoms with E-state index in [1.165, 1.54) is 0 Å². The lowest BCUT2D eigenvalue weighted by atomic mass is 9.94. The number of amides is 1. The molecule has 0 atom stereocenters. The molecule has 0 aromatic carbocycles. The summed E-state index contributed by atoms with van der Waals surface area (Å²) < 4.78 is 5.51. The Bertz CT molecular complexity index is 336. The summed E-state index contributed by atoms with van der Waals surface area (Å²) in [6.07, 6.45) is 0.966. The molecule has 1 saturated heterocycles. The van der Waals surface area contributed by atoms with Crippen molar-refractivity contribution in [2.75, 3.05) is 18.8 Å². The van der Waals surface area contributed by atoms with Crippen LogP contribution in [0.4, 0.5) is 4.79 Å². The van der Waals surface area contributed by atoms with Crippen molar-refractivity contribution < 1.29 is 14.6 Å². The van der Waals surface area contributed by atoms with Crippen LogP contribution in [0.1, 0.15) is 54.4 Å². The third kappa shape index (κ3) is 6.35. The Kier molecular flexibility index (Phi) is 5.41. The van der Waals surface area contributed by atoms with E-state index in [2.05, 4.69) is 20.8 Å². The molecule has 4 nitrogen and oxygen atoms in total. The fourth-order valence-corrected chi connectivity index (χ4v) is 2.92. The third-order valence-corrected chi connectivity index (χ3v) is 4.67. The molecule has 1 heterocycles. The van der Waals surface area contributed by atoms with E-state index in [1.807, 2.05) is 20.8 Å². The first-order chi connectivity index (χ1) is 8.90. The molecule has 1 rings (SSSR count). The summed E-state index contributed by atoms with van der Waals surface area (Å²) in [6.45, 7) is 13.2. The summed E-state index contributed by atoms with van der Waals surface area (Å²) in [5.41, 5.74) is -1.12. The van der Waals surface area contributed by atoms with Crippen LogP contribution < -0.4 is 0 Å². The van der Waals surface area contributed by atoms with Crippen molar-refractivity contribution in [3.63, 3.8) is 0 Å². The molecule has 1 aliphatic heterocycles. The van der Waals surface area contributed by atoms with E-state index < -0.39 is 11.2 Å². The second-order valence-corrected chi connectivity index (χ2v) is 9.39. The van der Waals surface area contributed by atoms with Crippen LogP contribution in [0.15, 0.2) is 0 Å². The van der Waals surface area contributed by atoms with Crippen molar-refractivity contribution in [3.8, 4) is 0 Å². The number of carbonyl (C=O) groups excluding carboxylic acids is 1. The number of aliphatic hydroxyl groups is 1. The molecule has 0 aliphatic carbocycles. The zero-order chi connectivity index (χ0) is 15.6. The summed E-state index contributed by atoms with van der Waals surface area (Å²) >= 11 is 1.77. The minimum atomic E-state index is -0.656. The maximum absolute atomic E-state index is 12.0. The van der Waals surface area contributed by atoms with Crippen LogP contribution in [0.3, 0.4) is 0 Å². The van der Waals surface area contributed by atoms with Gasteiger partial charge in [-0.15, -0.1) is 0 Å². The Morgan fingerprint density at radius 1 is 1.20 bits per heavy atom. The van der Waals surface area contributed by atoms with Crippen molar-refractivity contribution in [2.24, 2.45) is 0 Å². The van der Waals surface area contributed by atoms with Gasteiger partial charge in [0.25, 0.3) is 0 Å². The van der Waals surface area contributed by atoms with Crippen molar-refractivity contribution in [2.45, 2.75) is 70.3 Å². The van der Waals surface area contributed by atoms with E-state index in [4.69, 9.17) is 4.74 Å². The Hall–Kier alpha value is -0.420. The molecule has 0 radical (unpaired) electrons. The van der Waals surface area contributed by atoms with Gasteiger partial charge in [-0.2, -0.15) is 11.8 Å². The Morgan fingerprint density at radius 3 is 2.10 bits per heavy atom. The molecule has 20 heavy (non-hydrogen) atoms. The first-order valence-electron chi connectivity index (χ1n) is 7.25. The third-order valence-electron chi connectivity index (χ3n) is 3.12. The summed E-state index contributed by atoms with van der Waals surface area (Å²) in [5, 5.41) is 10.6. The lowest BCUT2D eigenvalue weighted by Gasteiger charge is -2.39. The number of rotatable bonds is 2. The minimum absolute atomic E-state index is 0.151. The monoisotopic (exact) mass is 303 g/mol. The van der Waals surface area contributed by atoms with Gasteiger partial charge in [-0.3, -0.25) is 0 Å². The Labute approximate surface area is 127 Å². The van der Waals surface area contributed by atoms with E-state index >= 15 is 0 Å². The van der Waals surface area contributed by atoms with Gasteiger partial charge in [-0.25, -0.2) is 4.79 Å². The fourth-order valence-electron chi connectivity index (χ4n) is 1.93. The highest BCUT2D eigenvalue weighted by Crippen LogP contribution is 2.32. The zero-order valence-electron chi connectivity index (χ0n) is 13.7. The van der Waals surface area contributed by atoms with Gasteiger partial charge in [-0.1, -0.05) is 20.8 Å². The number of likely N-dealkylation sites (tertiary alicyclic amines) is 1. The topological polar surface area (TPSA) is 49.8 Å². The van der Waals surface area contributed by atoms with Gasteiger partial charge in [-0.05, 0) is 33.6 Å². The largest absolute Gasteiger partial charge is 0.444 e. The molecule has 0 aromatic heterocycles. The average molecular weight is 303 g/mol. The van der Waals surface area contributed by atoms with Gasteiger partial charge in [0.2, 0.25) is 0 Å². The van der Waals surface area contributed by atoms with Crippen molar-refractivity contribution in [1.82, 2.24) is 4.90 Å². The van der Waals surface area contributed by atoms with Gasteiger partial charge < -0.3 is 14.7 Å². The van der Waals surface area contributed by atoms with E-state index in [1.54, 1.807) is 16.7 Å². The number of hydrogen-bond donors (Lipinski definition) is 1. The Morgan fingerprint density at radius 2 is 1.70 bits per heavy atom. The molecule has 0 spiro atoms. The highest BCUT2D eigenvalue weighted by molar-refractivity contribution is 8.00. The van der Waals surface area contributed by atoms with Crippen LogP contribution >= 0.6 is 11.8 Å². The van der Waals surface area contributed by atoms with Gasteiger partial charge in [0.15, 0.2) is 0 Å². The molecule has 0 aromatic rings. The molecule has 0 unspecified atom stereocenters. The maximum Gasteiger partial charge on any atom is 0.410 e. The standard InChI is InChI=1S/C15H29NO3S/c1-13(2,3)19-12(17)16-9-7-15(18,8-10-16)11-20-14(4,5)6/h18H,7-11H2,1-6H3. The highest BCUT2D eigenvalue weighted by atomic mass is 32.2. The number of thioether (sulfide) groups is 1. The Balaban J connectivity index is 2.44. The predicted octanol–water partition coefficient (Wildman–Crippen LogP) is 3.28. The zero-order valence-corrected chi connectivity index (χ0v) is 14.5. The average Bonchev–Trinajstić information content (AvgIpc) is 2.24. The molecule has 118 valence electrons. The minimum Gasteiger partial charge on any atom is -0.444 e. The van der Waals surface area contributed by atoms with Crippen molar-refractivity contribution in [3.05, 3.63) is 0 Å². The van der Waals surface area contributed by atoms with Crippen LogP contribution in [-0.2, 0) is 4.74 Å². The summed E-state index contributed by atoms with van der Waals surface area (Å²) in [4.78, 5) is 13.7. The number of nitrogens with zero attached hydrogens (tertiary/aromatic N) is 1. The lowest BCUT2D eigenvalue weighted by Crippen LogP contribution is -2.49. The van der Waals surface area contributed by atoms with Crippen LogP contribution in [0, 0.1) is 0 Å². The van der Waals surface area contributed by atoms with E-state index in [0.717, 1.165) is 5.75 Å². The molecule has 1 amide bonds. The molecule has 1 N–H and O–H groups in total. The summed E-state index contributed by atoms with van der Waals surface area (Å²) in [6, 6.07) is 0. The second-order valence-electron chi connectivity index (χ2n) is 7.59. The number of piperidine rings is 1. The molecule has 5 heteroatoms. The second kappa shape index (κ2) is 6.14. The lowest BCUT2D eigenvalue weighted by molar-refractivity contribution is -0.0191. The first kappa shape index (κ1) is 17.6. The fraction of sp³-hybridized carbons (Fsp3) is 0.933. The van der Waals surface area contributed by atoms with Crippen LogP contribution in [0.2, 0.25) is 0 Å². The molecular formula is C15H29NO3S. The quantitative estimate of drug-likeness (QED) is 0.850. The van der Waals surface area contributed by atoms with E-state index in [0.29, 0.717) is 25.9 Å². The van der Waals surface area contributed by atoms with Crippen LogP contribution in [-0.4, -0.2) is 50.9 Å². The van der Waals surface area contributed by atoms with Gasteiger partial charge in [0, 0.05) is 23.6 Å². The normalized spacial score (nSPS) is 19.9. The summed E-state index contributed by atoms with van der Waals surface area (Å²) in [5.74, 6) is 0.721. The predicted molar refractivity (Wildman–Crippen MR) is 84.2 cm³/mol. The van der Waals surface area contributed by atoms with Crippen molar-refractivity contribution in [1.29, 1.82) is 0 Å². The molecule has 1 aliphatic rings. The van der Waals surface area contributed by atoms with Crippen LogP contribution in [0.25, 0.3) is 0 Å². The maximum atomic E-state index is 12.0. The summed E-state index contributed by atoms with van der Waals surface area (Å²) in [7, 11) is 0. The highest BCUT2D eigenvalue weighted by Gasteiger charge is 2.36. The van der Waals surface area contributed by atoms with Gasteiger partial charge in [0.1, 0.15) is 5.60 Å². The first-order valence-corrected chi connectivity index (χ1v) is 8.23. The van der Waals surface area contributed by atoms with Gasteiger partial charge >= 0.3 is 6.09 Å². The molecular weight excluding hydrogens is 274 g/mol. The molecule has 0 saturated carbocycles. The van der Waals surface area contributed by atoms with Crippen LogP contribution in [0.5, 0.6) is 0 Å². The molecule has 1 fully saturated rings. The van der Waals surface area contributed by atoms with Crippen molar-refractivity contribution >= 4 is 17.9 Å². The van der Waals surface area contributed by atoms with Gasteiger partial charge in [0.05, 0.1) is 5.60 Å². The number of carbonyl (C=O) groups is 1. The number of ether oxygens (including phenoxy) is 1.